The van der Waals surface area contributed by atoms with Crippen molar-refractivity contribution in [1.29, 1.82) is 5.26 Å². The Morgan fingerprint density at radius 3 is 2.80 bits per heavy atom. The van der Waals surface area contributed by atoms with E-state index < -0.39 is 15.8 Å². The van der Waals surface area contributed by atoms with Crippen LogP contribution in [0.25, 0.3) is 0 Å². The van der Waals surface area contributed by atoms with Crippen LogP contribution in [-0.2, 0) is 10.0 Å². The zero-order chi connectivity index (χ0) is 14.8. The number of halogens is 1. The fraction of sp³-hybridized carbons (Fsp3) is 0.500. The summed E-state index contributed by atoms with van der Waals surface area (Å²) in [6.07, 6.45) is 2.66. The van der Waals surface area contributed by atoms with E-state index in [9.17, 15) is 12.8 Å². The molecule has 108 valence electrons. The molecule has 6 heteroatoms. The second-order valence-electron chi connectivity index (χ2n) is 5.19. The van der Waals surface area contributed by atoms with Gasteiger partial charge in [-0.25, -0.2) is 12.8 Å². The molecule has 1 unspecified atom stereocenters. The molecule has 0 N–H and O–H groups in total. The summed E-state index contributed by atoms with van der Waals surface area (Å²) < 4.78 is 39.8. The monoisotopic (exact) mass is 296 g/mol. The maximum absolute atomic E-state index is 13.3. The van der Waals surface area contributed by atoms with E-state index in [2.05, 4.69) is 6.92 Å². The van der Waals surface area contributed by atoms with E-state index in [0.717, 1.165) is 31.4 Å². The highest BCUT2D eigenvalue weighted by Crippen LogP contribution is 2.24. The Kier molecular flexibility index (Phi) is 4.41. The van der Waals surface area contributed by atoms with Gasteiger partial charge < -0.3 is 0 Å². The van der Waals surface area contributed by atoms with Gasteiger partial charge >= 0.3 is 0 Å². The number of hydrogen-bond acceptors (Lipinski definition) is 3. The van der Waals surface area contributed by atoms with Gasteiger partial charge in [0.05, 0.1) is 10.5 Å². The first kappa shape index (κ1) is 14.9. The number of hydrogen-bond donors (Lipinski definition) is 0. The quantitative estimate of drug-likeness (QED) is 0.842. The van der Waals surface area contributed by atoms with Gasteiger partial charge in [0, 0.05) is 13.1 Å². The minimum absolute atomic E-state index is 0.00926. The van der Waals surface area contributed by atoms with E-state index in [1.54, 1.807) is 6.07 Å². The normalized spacial score (nSPS) is 21.1. The van der Waals surface area contributed by atoms with E-state index in [-0.39, 0.29) is 10.5 Å². The molecule has 0 amide bonds. The molecule has 1 aromatic rings. The molecule has 4 nitrogen and oxygen atoms in total. The van der Waals surface area contributed by atoms with Gasteiger partial charge in [0.1, 0.15) is 11.9 Å². The average molecular weight is 296 g/mol. The molecule has 1 aliphatic rings. The predicted octanol–water partition coefficient (Wildman–Crippen LogP) is 2.51. The first-order valence-electron chi connectivity index (χ1n) is 6.65. The Morgan fingerprint density at radius 2 is 2.10 bits per heavy atom. The zero-order valence-electron chi connectivity index (χ0n) is 11.3. The lowest BCUT2D eigenvalue weighted by molar-refractivity contribution is 0.416. The first-order valence-corrected chi connectivity index (χ1v) is 8.09. The molecule has 1 aliphatic heterocycles. The number of sulfonamides is 1. The van der Waals surface area contributed by atoms with Crippen LogP contribution in [0.3, 0.4) is 0 Å². The molecule has 20 heavy (non-hydrogen) atoms. The highest BCUT2D eigenvalue weighted by atomic mass is 32.2. The SMILES string of the molecule is CC1CCCN(S(=O)(=O)c2ccc(F)c(C#N)c2)CC1. The van der Waals surface area contributed by atoms with Crippen LogP contribution in [0, 0.1) is 23.1 Å². The third-order valence-corrected chi connectivity index (χ3v) is 5.57. The summed E-state index contributed by atoms with van der Waals surface area (Å²) in [7, 11) is -3.64. The molecule has 0 bridgehead atoms. The molecule has 0 radical (unpaired) electrons. The van der Waals surface area contributed by atoms with Gasteiger partial charge in [0.15, 0.2) is 0 Å². The fourth-order valence-corrected chi connectivity index (χ4v) is 3.90. The summed E-state index contributed by atoms with van der Waals surface area (Å²) >= 11 is 0. The first-order chi connectivity index (χ1) is 9.45. The van der Waals surface area contributed by atoms with Gasteiger partial charge in [-0.1, -0.05) is 6.92 Å². The number of nitrogens with zero attached hydrogens (tertiary/aromatic N) is 2. The van der Waals surface area contributed by atoms with Crippen molar-refractivity contribution in [3.63, 3.8) is 0 Å². The summed E-state index contributed by atoms with van der Waals surface area (Å²) in [5.41, 5.74) is -0.241. The molecule has 1 fully saturated rings. The number of nitriles is 1. The molecular formula is C14H17FN2O2S. The van der Waals surface area contributed by atoms with Crippen molar-refractivity contribution in [2.24, 2.45) is 5.92 Å². The van der Waals surface area contributed by atoms with E-state index >= 15 is 0 Å². The van der Waals surface area contributed by atoms with Gasteiger partial charge in [-0.2, -0.15) is 9.57 Å². The molecule has 0 spiro atoms. The zero-order valence-corrected chi connectivity index (χ0v) is 12.2. The summed E-state index contributed by atoms with van der Waals surface area (Å²) in [5.74, 6) is -0.186. The lowest BCUT2D eigenvalue weighted by Crippen LogP contribution is -2.32. The van der Waals surface area contributed by atoms with Crippen LogP contribution in [0.4, 0.5) is 4.39 Å². The van der Waals surface area contributed by atoms with Crippen LogP contribution < -0.4 is 0 Å². The van der Waals surface area contributed by atoms with Gasteiger partial charge in [-0.05, 0) is 43.4 Å². The Balaban J connectivity index is 2.33. The Morgan fingerprint density at radius 1 is 1.35 bits per heavy atom. The van der Waals surface area contributed by atoms with Gasteiger partial charge in [0.25, 0.3) is 0 Å². The van der Waals surface area contributed by atoms with Crippen molar-refractivity contribution < 1.29 is 12.8 Å². The number of benzene rings is 1. The van der Waals surface area contributed by atoms with E-state index in [1.807, 2.05) is 0 Å². The van der Waals surface area contributed by atoms with Crippen LogP contribution in [-0.4, -0.2) is 25.8 Å². The van der Waals surface area contributed by atoms with Crippen molar-refractivity contribution in [1.82, 2.24) is 4.31 Å². The smallest absolute Gasteiger partial charge is 0.207 e. The Hall–Kier alpha value is -1.45. The van der Waals surface area contributed by atoms with E-state index in [1.165, 1.54) is 10.4 Å². The summed E-state index contributed by atoms with van der Waals surface area (Å²) in [6.45, 7) is 3.07. The number of rotatable bonds is 2. The van der Waals surface area contributed by atoms with Crippen LogP contribution in [0.5, 0.6) is 0 Å². The fourth-order valence-electron chi connectivity index (χ4n) is 2.38. The molecule has 1 atom stereocenters. The van der Waals surface area contributed by atoms with Crippen molar-refractivity contribution in [2.75, 3.05) is 13.1 Å². The summed E-state index contributed by atoms with van der Waals surface area (Å²) in [6, 6.07) is 5.04. The second-order valence-corrected chi connectivity index (χ2v) is 7.13. The highest BCUT2D eigenvalue weighted by molar-refractivity contribution is 7.89. The molecule has 1 heterocycles. The second kappa shape index (κ2) is 5.90. The lowest BCUT2D eigenvalue weighted by Gasteiger charge is -2.20. The van der Waals surface area contributed by atoms with Crippen LogP contribution in [0.1, 0.15) is 31.7 Å². The topological polar surface area (TPSA) is 61.2 Å². The van der Waals surface area contributed by atoms with Crippen molar-refractivity contribution >= 4 is 10.0 Å². The third kappa shape index (κ3) is 3.00. The van der Waals surface area contributed by atoms with E-state index in [4.69, 9.17) is 5.26 Å². The standard InChI is InChI=1S/C14H17FN2O2S/c1-11-3-2-7-17(8-6-11)20(18,19)13-4-5-14(15)12(9-13)10-16/h4-5,9,11H,2-3,6-8H2,1H3. The maximum Gasteiger partial charge on any atom is 0.243 e. The molecular weight excluding hydrogens is 279 g/mol. The van der Waals surface area contributed by atoms with Crippen LogP contribution >= 0.6 is 0 Å². The van der Waals surface area contributed by atoms with Crippen LogP contribution in [0.15, 0.2) is 23.1 Å². The molecule has 1 aromatic carbocycles. The molecule has 0 saturated carbocycles. The van der Waals surface area contributed by atoms with Gasteiger partial charge in [-0.15, -0.1) is 0 Å². The van der Waals surface area contributed by atoms with Crippen molar-refractivity contribution in [3.05, 3.63) is 29.6 Å². The predicted molar refractivity (Wildman–Crippen MR) is 72.9 cm³/mol. The summed E-state index contributed by atoms with van der Waals surface area (Å²) in [4.78, 5) is -0.00926. The van der Waals surface area contributed by atoms with Crippen molar-refractivity contribution in [3.8, 4) is 6.07 Å². The molecule has 0 aromatic heterocycles. The minimum Gasteiger partial charge on any atom is -0.207 e. The lowest BCUT2D eigenvalue weighted by atomic mass is 10.0. The Labute approximate surface area is 118 Å². The molecule has 1 saturated heterocycles. The maximum atomic E-state index is 13.3. The average Bonchev–Trinajstić information content (AvgIpc) is 2.64. The van der Waals surface area contributed by atoms with Crippen LogP contribution in [0.2, 0.25) is 0 Å². The molecule has 0 aliphatic carbocycles. The highest BCUT2D eigenvalue weighted by Gasteiger charge is 2.27. The van der Waals surface area contributed by atoms with Gasteiger partial charge in [-0.3, -0.25) is 0 Å². The van der Waals surface area contributed by atoms with E-state index in [0.29, 0.717) is 19.0 Å². The largest absolute Gasteiger partial charge is 0.243 e. The third-order valence-electron chi connectivity index (χ3n) is 3.67. The minimum atomic E-state index is -3.64. The summed E-state index contributed by atoms with van der Waals surface area (Å²) in [5, 5.41) is 8.80. The van der Waals surface area contributed by atoms with Gasteiger partial charge in [0.2, 0.25) is 10.0 Å². The molecule has 2 rings (SSSR count). The van der Waals surface area contributed by atoms with Crippen molar-refractivity contribution in [2.45, 2.75) is 31.1 Å². The Bertz CT molecular complexity index is 637.